The van der Waals surface area contributed by atoms with Crippen LogP contribution in [0.3, 0.4) is 0 Å². The Balaban J connectivity index is 2.00. The number of nitrogens with zero attached hydrogens (tertiary/aromatic N) is 2. The van der Waals surface area contributed by atoms with Gasteiger partial charge in [0.1, 0.15) is 10.6 Å². The summed E-state index contributed by atoms with van der Waals surface area (Å²) in [5.74, 6) is 0. The summed E-state index contributed by atoms with van der Waals surface area (Å²) in [6, 6.07) is 1.73. The highest BCUT2D eigenvalue weighted by Crippen LogP contribution is 2.40. The van der Waals surface area contributed by atoms with E-state index in [1.165, 1.54) is 11.2 Å². The molecule has 1 aromatic heterocycles. The van der Waals surface area contributed by atoms with Gasteiger partial charge in [-0.15, -0.1) is 0 Å². The van der Waals surface area contributed by atoms with Gasteiger partial charge in [0.15, 0.2) is 0 Å². The van der Waals surface area contributed by atoms with Crippen molar-refractivity contribution in [3.05, 3.63) is 23.5 Å². The van der Waals surface area contributed by atoms with E-state index in [4.69, 9.17) is 0 Å². The molecule has 2 atom stereocenters. The molecule has 2 fully saturated rings. The second-order valence-electron chi connectivity index (χ2n) is 5.93. The molecule has 2 aliphatic heterocycles. The summed E-state index contributed by atoms with van der Waals surface area (Å²) in [6.07, 6.45) is -0.261. The lowest BCUT2D eigenvalue weighted by molar-refractivity contribution is -0.141. The maximum Gasteiger partial charge on any atom is 0.433 e. The minimum absolute atomic E-state index is 0.0227. The second kappa shape index (κ2) is 5.19. The summed E-state index contributed by atoms with van der Waals surface area (Å²) in [4.78, 5) is 3.33. The zero-order chi connectivity index (χ0) is 16.1. The number of piperidine rings is 1. The molecule has 2 bridgehead atoms. The third-order valence-corrected chi connectivity index (χ3v) is 6.65. The van der Waals surface area contributed by atoms with Crippen molar-refractivity contribution in [1.29, 1.82) is 0 Å². The van der Waals surface area contributed by atoms with E-state index in [2.05, 4.69) is 4.98 Å². The molecule has 1 aromatic rings. The molecule has 3 heterocycles. The van der Waals surface area contributed by atoms with Crippen LogP contribution in [-0.2, 0) is 16.2 Å². The first-order chi connectivity index (χ1) is 10.2. The predicted octanol–water partition coefficient (Wildman–Crippen LogP) is 3.11. The number of halogens is 3. The van der Waals surface area contributed by atoms with Gasteiger partial charge in [-0.2, -0.15) is 17.5 Å². The van der Waals surface area contributed by atoms with Crippen LogP contribution < -0.4 is 0 Å². The van der Waals surface area contributed by atoms with Gasteiger partial charge >= 0.3 is 6.18 Å². The van der Waals surface area contributed by atoms with Crippen molar-refractivity contribution in [1.82, 2.24) is 9.29 Å². The number of hydrogen-bond acceptors (Lipinski definition) is 3. The maximum atomic E-state index is 12.8. The summed E-state index contributed by atoms with van der Waals surface area (Å²) < 4.78 is 65.2. The average Bonchev–Trinajstić information content (AvgIpc) is 2.69. The van der Waals surface area contributed by atoms with Gasteiger partial charge in [0, 0.05) is 12.1 Å². The minimum Gasteiger partial charge on any atom is -0.247 e. The molecule has 0 N–H and O–H groups in total. The highest BCUT2D eigenvalue weighted by molar-refractivity contribution is 7.89. The summed E-state index contributed by atoms with van der Waals surface area (Å²) >= 11 is 0. The molecule has 4 nitrogen and oxygen atoms in total. The fourth-order valence-corrected chi connectivity index (χ4v) is 5.65. The van der Waals surface area contributed by atoms with Gasteiger partial charge in [-0.25, -0.2) is 13.4 Å². The van der Waals surface area contributed by atoms with Crippen LogP contribution in [0.5, 0.6) is 0 Å². The van der Waals surface area contributed by atoms with Crippen molar-refractivity contribution < 1.29 is 21.6 Å². The van der Waals surface area contributed by atoms with Crippen molar-refractivity contribution in [3.63, 3.8) is 0 Å². The molecular formula is C14H17F3N2O2S. The van der Waals surface area contributed by atoms with Gasteiger partial charge in [0.25, 0.3) is 0 Å². The first-order valence-corrected chi connectivity index (χ1v) is 8.73. The van der Waals surface area contributed by atoms with E-state index in [0.29, 0.717) is 0 Å². The van der Waals surface area contributed by atoms with E-state index in [1.807, 2.05) is 0 Å². The van der Waals surface area contributed by atoms with Crippen LogP contribution in [0.4, 0.5) is 13.2 Å². The highest BCUT2D eigenvalue weighted by atomic mass is 32.2. The number of hydrogen-bond donors (Lipinski definition) is 0. The van der Waals surface area contributed by atoms with E-state index >= 15 is 0 Å². The summed E-state index contributed by atoms with van der Waals surface area (Å²) in [5.41, 5.74) is -1.16. The van der Waals surface area contributed by atoms with Crippen LogP contribution in [0.15, 0.2) is 17.0 Å². The van der Waals surface area contributed by atoms with Gasteiger partial charge in [0.2, 0.25) is 10.0 Å². The first kappa shape index (κ1) is 15.7. The molecule has 22 heavy (non-hydrogen) atoms. The summed E-state index contributed by atoms with van der Waals surface area (Å²) in [5, 5.41) is 0. The largest absolute Gasteiger partial charge is 0.433 e. The molecule has 2 aliphatic rings. The molecule has 0 aromatic carbocycles. The second-order valence-corrected chi connectivity index (χ2v) is 7.74. The van der Waals surface area contributed by atoms with E-state index in [-0.39, 0.29) is 22.7 Å². The standard InChI is InChI=1S/C14H17F3N2O2S/c1-9-12(7-8-13(18-9)14(15,16)17)22(20,21)19-10-3-2-4-11(19)6-5-10/h7-8,10-11H,2-6H2,1H3/t10-,11+. The van der Waals surface area contributed by atoms with Crippen molar-refractivity contribution in [3.8, 4) is 0 Å². The molecule has 8 heteroatoms. The lowest BCUT2D eigenvalue weighted by Gasteiger charge is -2.33. The summed E-state index contributed by atoms with van der Waals surface area (Å²) in [7, 11) is -3.79. The highest BCUT2D eigenvalue weighted by Gasteiger charge is 2.45. The first-order valence-electron chi connectivity index (χ1n) is 7.29. The number of fused-ring (bicyclic) bond motifs is 2. The Kier molecular flexibility index (Phi) is 3.71. The molecule has 0 spiro atoms. The third kappa shape index (κ3) is 2.52. The monoisotopic (exact) mass is 334 g/mol. The van der Waals surface area contributed by atoms with Crippen molar-refractivity contribution in [2.75, 3.05) is 0 Å². The maximum absolute atomic E-state index is 12.8. The van der Waals surface area contributed by atoms with Gasteiger partial charge in [-0.05, 0) is 44.7 Å². The molecule has 122 valence electrons. The Morgan fingerprint density at radius 2 is 1.73 bits per heavy atom. The number of aryl methyl sites for hydroxylation is 1. The molecule has 2 saturated heterocycles. The number of pyridine rings is 1. The van der Waals surface area contributed by atoms with Crippen molar-refractivity contribution in [2.45, 2.75) is 62.2 Å². The lowest BCUT2D eigenvalue weighted by Crippen LogP contribution is -2.44. The SMILES string of the molecule is Cc1nc(C(F)(F)F)ccc1S(=O)(=O)N1[C@@H]2CCC[C@H]1CC2. The third-order valence-electron chi connectivity index (χ3n) is 4.51. The predicted molar refractivity (Wildman–Crippen MR) is 73.7 cm³/mol. The van der Waals surface area contributed by atoms with Gasteiger partial charge in [-0.1, -0.05) is 6.42 Å². The molecule has 3 rings (SSSR count). The van der Waals surface area contributed by atoms with E-state index in [9.17, 15) is 21.6 Å². The van der Waals surface area contributed by atoms with E-state index < -0.39 is 21.9 Å². The van der Waals surface area contributed by atoms with Gasteiger partial charge in [-0.3, -0.25) is 0 Å². The zero-order valence-corrected chi connectivity index (χ0v) is 12.9. The molecular weight excluding hydrogens is 317 g/mol. The van der Waals surface area contributed by atoms with Crippen LogP contribution in [0, 0.1) is 6.92 Å². The van der Waals surface area contributed by atoms with Gasteiger partial charge in [0.05, 0.1) is 5.69 Å². The quantitative estimate of drug-likeness (QED) is 0.835. The Morgan fingerprint density at radius 3 is 2.23 bits per heavy atom. The Bertz CT molecular complexity index is 672. The lowest BCUT2D eigenvalue weighted by atomic mass is 10.1. The summed E-state index contributed by atoms with van der Waals surface area (Å²) in [6.45, 7) is 1.31. The zero-order valence-electron chi connectivity index (χ0n) is 12.1. The minimum atomic E-state index is -4.57. The van der Waals surface area contributed by atoms with Gasteiger partial charge < -0.3 is 0 Å². The number of sulfonamides is 1. The van der Waals surface area contributed by atoms with Crippen LogP contribution in [0.25, 0.3) is 0 Å². The van der Waals surface area contributed by atoms with Crippen LogP contribution >= 0.6 is 0 Å². The number of aromatic nitrogens is 1. The van der Waals surface area contributed by atoms with Crippen LogP contribution in [0.1, 0.15) is 43.5 Å². The molecule has 0 aliphatic carbocycles. The van der Waals surface area contributed by atoms with E-state index in [1.54, 1.807) is 0 Å². The average molecular weight is 334 g/mol. The number of alkyl halides is 3. The van der Waals surface area contributed by atoms with Crippen LogP contribution in [0.2, 0.25) is 0 Å². The number of rotatable bonds is 2. The fraction of sp³-hybridized carbons (Fsp3) is 0.643. The Morgan fingerprint density at radius 1 is 1.14 bits per heavy atom. The molecule has 0 unspecified atom stereocenters. The topological polar surface area (TPSA) is 50.3 Å². The smallest absolute Gasteiger partial charge is 0.247 e. The normalized spacial score (nSPS) is 26.4. The van der Waals surface area contributed by atoms with Crippen LogP contribution in [-0.4, -0.2) is 29.8 Å². The van der Waals surface area contributed by atoms with E-state index in [0.717, 1.165) is 44.2 Å². The van der Waals surface area contributed by atoms with Crippen molar-refractivity contribution >= 4 is 10.0 Å². The Labute approximate surface area is 127 Å². The molecule has 0 saturated carbocycles. The van der Waals surface area contributed by atoms with Crippen molar-refractivity contribution in [2.24, 2.45) is 0 Å². The molecule has 0 amide bonds. The Hall–Kier alpha value is -1.15. The fourth-order valence-electron chi connectivity index (χ4n) is 3.55. The molecule has 0 radical (unpaired) electrons.